The predicted octanol–water partition coefficient (Wildman–Crippen LogP) is 3.42. The van der Waals surface area contributed by atoms with E-state index in [9.17, 15) is 4.79 Å². The fraction of sp³-hybridized carbons (Fsp3) is 0.429. The summed E-state index contributed by atoms with van der Waals surface area (Å²) in [5.41, 5.74) is 1.71. The normalized spacial score (nSPS) is 15.9. The monoisotopic (exact) mass is 277 g/mol. The summed E-state index contributed by atoms with van der Waals surface area (Å²) in [6.45, 7) is 3.18. The van der Waals surface area contributed by atoms with Crippen LogP contribution in [-0.2, 0) is 0 Å². The highest BCUT2D eigenvalue weighted by atomic mass is 35.5. The highest BCUT2D eigenvalue weighted by molar-refractivity contribution is 6.31. The van der Waals surface area contributed by atoms with E-state index in [0.717, 1.165) is 24.1 Å². The molecule has 5 heteroatoms. The molecular formula is C14H16ClN3O. The van der Waals surface area contributed by atoms with E-state index < -0.39 is 0 Å². The third-order valence-corrected chi connectivity index (χ3v) is 3.64. The highest BCUT2D eigenvalue weighted by Crippen LogP contribution is 2.22. The number of carbonyl (C=O) groups is 1. The molecule has 0 bridgehead atoms. The van der Waals surface area contributed by atoms with E-state index >= 15 is 0 Å². The molecule has 0 radical (unpaired) electrons. The summed E-state index contributed by atoms with van der Waals surface area (Å²) in [7, 11) is 0. The number of halogens is 1. The lowest BCUT2D eigenvalue weighted by Gasteiger charge is -2.29. The zero-order chi connectivity index (χ0) is 13.8. The maximum Gasteiger partial charge on any atom is 0.321 e. The van der Waals surface area contributed by atoms with Gasteiger partial charge in [-0.15, -0.1) is 0 Å². The van der Waals surface area contributed by atoms with Gasteiger partial charge in [-0.2, -0.15) is 5.26 Å². The van der Waals surface area contributed by atoms with Crippen molar-refractivity contribution in [3.63, 3.8) is 0 Å². The third kappa shape index (κ3) is 3.39. The second kappa shape index (κ2) is 5.94. The molecule has 0 aromatic heterocycles. The zero-order valence-corrected chi connectivity index (χ0v) is 11.6. The minimum absolute atomic E-state index is 0.0805. The van der Waals surface area contributed by atoms with Gasteiger partial charge in [-0.25, -0.2) is 4.79 Å². The van der Waals surface area contributed by atoms with Gasteiger partial charge < -0.3 is 10.2 Å². The van der Waals surface area contributed by atoms with Crippen LogP contribution >= 0.6 is 11.6 Å². The molecule has 4 nitrogen and oxygen atoms in total. The van der Waals surface area contributed by atoms with Gasteiger partial charge >= 0.3 is 6.03 Å². The topological polar surface area (TPSA) is 56.1 Å². The van der Waals surface area contributed by atoms with Crippen molar-refractivity contribution in [2.75, 3.05) is 18.4 Å². The van der Waals surface area contributed by atoms with E-state index in [0.29, 0.717) is 18.1 Å². The molecule has 100 valence electrons. The Hall–Kier alpha value is -1.73. The van der Waals surface area contributed by atoms with E-state index in [4.69, 9.17) is 16.9 Å². The highest BCUT2D eigenvalue weighted by Gasteiger charge is 2.22. The van der Waals surface area contributed by atoms with Gasteiger partial charge in [-0.1, -0.05) is 17.7 Å². The van der Waals surface area contributed by atoms with E-state index in [1.54, 1.807) is 17.0 Å². The first kappa shape index (κ1) is 13.7. The van der Waals surface area contributed by atoms with Crippen molar-refractivity contribution >= 4 is 23.3 Å². The molecule has 19 heavy (non-hydrogen) atoms. The minimum atomic E-state index is -0.123. The number of urea groups is 1. The second-order valence-corrected chi connectivity index (χ2v) is 5.22. The molecule has 1 N–H and O–H groups in total. The van der Waals surface area contributed by atoms with E-state index in [-0.39, 0.29) is 11.9 Å². The van der Waals surface area contributed by atoms with Crippen LogP contribution in [0.3, 0.4) is 0 Å². The largest absolute Gasteiger partial charge is 0.324 e. The molecule has 1 aromatic carbocycles. The van der Waals surface area contributed by atoms with Crippen LogP contribution in [0.25, 0.3) is 0 Å². The first-order valence-electron chi connectivity index (χ1n) is 6.32. The lowest BCUT2D eigenvalue weighted by atomic mass is 9.99. The number of rotatable bonds is 1. The quantitative estimate of drug-likeness (QED) is 0.855. The van der Waals surface area contributed by atoms with Crippen LogP contribution in [0, 0.1) is 24.2 Å². The standard InChI is InChI=1S/C14H16ClN3O/c1-10-2-3-12(15)8-13(10)17-14(19)18-6-4-11(9-16)5-7-18/h2-3,8,11H,4-7H2,1H3,(H,17,19). The van der Waals surface area contributed by atoms with Crippen LogP contribution in [0.5, 0.6) is 0 Å². The van der Waals surface area contributed by atoms with Crippen LogP contribution in [0.1, 0.15) is 18.4 Å². The smallest absolute Gasteiger partial charge is 0.321 e. The van der Waals surface area contributed by atoms with Crippen molar-refractivity contribution < 1.29 is 4.79 Å². The third-order valence-electron chi connectivity index (χ3n) is 3.41. The molecule has 1 aliphatic rings. The number of aryl methyl sites for hydroxylation is 1. The molecule has 0 unspecified atom stereocenters. The Bertz CT molecular complexity index is 516. The number of hydrogen-bond donors (Lipinski definition) is 1. The number of nitriles is 1. The summed E-state index contributed by atoms with van der Waals surface area (Å²) in [5.74, 6) is 0.0805. The van der Waals surface area contributed by atoms with Crippen LogP contribution in [0.4, 0.5) is 10.5 Å². The van der Waals surface area contributed by atoms with Crippen LogP contribution in [-0.4, -0.2) is 24.0 Å². The van der Waals surface area contributed by atoms with Crippen molar-refractivity contribution in [2.24, 2.45) is 5.92 Å². The van der Waals surface area contributed by atoms with Crippen molar-refractivity contribution in [3.05, 3.63) is 28.8 Å². The van der Waals surface area contributed by atoms with Gasteiger partial charge in [0.25, 0.3) is 0 Å². The molecular weight excluding hydrogens is 262 g/mol. The Morgan fingerprint density at radius 2 is 2.16 bits per heavy atom. The molecule has 1 heterocycles. The lowest BCUT2D eigenvalue weighted by molar-refractivity contribution is 0.192. The summed E-state index contributed by atoms with van der Waals surface area (Å²) in [4.78, 5) is 13.9. The van der Waals surface area contributed by atoms with Gasteiger partial charge in [0.15, 0.2) is 0 Å². The number of nitrogens with one attached hydrogen (secondary N) is 1. The first-order valence-corrected chi connectivity index (χ1v) is 6.69. The van der Waals surface area contributed by atoms with Gasteiger partial charge in [0.1, 0.15) is 0 Å². The van der Waals surface area contributed by atoms with Crippen molar-refractivity contribution in [3.8, 4) is 6.07 Å². The summed E-state index contributed by atoms with van der Waals surface area (Å²) in [6.07, 6.45) is 1.50. The molecule has 0 spiro atoms. The number of benzene rings is 1. The molecule has 0 atom stereocenters. The van der Waals surface area contributed by atoms with Crippen LogP contribution in [0.15, 0.2) is 18.2 Å². The molecule has 1 fully saturated rings. The number of anilines is 1. The van der Waals surface area contributed by atoms with Gasteiger partial charge in [-0.05, 0) is 37.5 Å². The van der Waals surface area contributed by atoms with Crippen LogP contribution in [0.2, 0.25) is 5.02 Å². The Balaban J connectivity index is 1.98. The zero-order valence-electron chi connectivity index (χ0n) is 10.8. The molecule has 1 aliphatic heterocycles. The maximum atomic E-state index is 12.1. The Labute approximate surface area is 118 Å². The predicted molar refractivity (Wildman–Crippen MR) is 75.1 cm³/mol. The fourth-order valence-electron chi connectivity index (χ4n) is 2.13. The van der Waals surface area contributed by atoms with Gasteiger partial charge in [0, 0.05) is 29.7 Å². The number of nitrogens with zero attached hydrogens (tertiary/aromatic N) is 2. The summed E-state index contributed by atoms with van der Waals surface area (Å²) in [5, 5.41) is 12.3. The molecule has 1 saturated heterocycles. The fourth-order valence-corrected chi connectivity index (χ4v) is 2.31. The summed E-state index contributed by atoms with van der Waals surface area (Å²) < 4.78 is 0. The van der Waals surface area contributed by atoms with Crippen molar-refractivity contribution in [2.45, 2.75) is 19.8 Å². The van der Waals surface area contributed by atoms with E-state index in [1.165, 1.54) is 0 Å². The van der Waals surface area contributed by atoms with Gasteiger partial charge in [0.2, 0.25) is 0 Å². The first-order chi connectivity index (χ1) is 9.10. The Morgan fingerprint density at radius 1 is 1.47 bits per heavy atom. The average Bonchev–Trinajstić information content (AvgIpc) is 2.43. The number of piperidine rings is 1. The van der Waals surface area contributed by atoms with Crippen molar-refractivity contribution in [1.82, 2.24) is 4.90 Å². The van der Waals surface area contributed by atoms with Crippen molar-refractivity contribution in [1.29, 1.82) is 5.26 Å². The summed E-state index contributed by atoms with van der Waals surface area (Å²) >= 11 is 5.92. The minimum Gasteiger partial charge on any atom is -0.324 e. The molecule has 1 aromatic rings. The molecule has 0 saturated carbocycles. The molecule has 0 aliphatic carbocycles. The Kier molecular flexibility index (Phi) is 4.28. The number of likely N-dealkylation sites (tertiary alicyclic amines) is 1. The number of amides is 2. The number of carbonyl (C=O) groups excluding carboxylic acids is 1. The molecule has 2 rings (SSSR count). The van der Waals surface area contributed by atoms with E-state index in [1.807, 2.05) is 13.0 Å². The summed E-state index contributed by atoms with van der Waals surface area (Å²) in [6, 6.07) is 7.55. The average molecular weight is 278 g/mol. The van der Waals surface area contributed by atoms with E-state index in [2.05, 4.69) is 11.4 Å². The van der Waals surface area contributed by atoms with Gasteiger partial charge in [-0.3, -0.25) is 0 Å². The Morgan fingerprint density at radius 3 is 2.79 bits per heavy atom. The number of hydrogen-bond acceptors (Lipinski definition) is 2. The SMILES string of the molecule is Cc1ccc(Cl)cc1NC(=O)N1CCC(C#N)CC1. The second-order valence-electron chi connectivity index (χ2n) is 4.78. The molecule has 2 amide bonds. The van der Waals surface area contributed by atoms with Gasteiger partial charge in [0.05, 0.1) is 6.07 Å². The van der Waals surface area contributed by atoms with Crippen LogP contribution < -0.4 is 5.32 Å². The maximum absolute atomic E-state index is 12.1. The lowest BCUT2D eigenvalue weighted by Crippen LogP contribution is -2.40.